The van der Waals surface area contributed by atoms with Crippen molar-refractivity contribution in [2.24, 2.45) is 0 Å². The minimum atomic E-state index is -1.33. The fourth-order valence-electron chi connectivity index (χ4n) is 7.02. The van der Waals surface area contributed by atoms with E-state index in [-0.39, 0.29) is 18.2 Å². The van der Waals surface area contributed by atoms with Crippen LogP contribution >= 0.6 is 0 Å². The highest BCUT2D eigenvalue weighted by atomic mass is 16.5. The van der Waals surface area contributed by atoms with Crippen LogP contribution in [0.15, 0.2) is 176 Å². The van der Waals surface area contributed by atoms with E-state index in [1.54, 1.807) is 4.90 Å². The fourth-order valence-corrected chi connectivity index (χ4v) is 7.02. The van der Waals surface area contributed by atoms with Crippen LogP contribution in [0, 0.1) is 0 Å². The number of amides is 2. The Balaban J connectivity index is 1.46. The molecule has 2 aliphatic rings. The molecule has 0 N–H and O–H groups in total. The summed E-state index contributed by atoms with van der Waals surface area (Å²) in [6.45, 7) is 0. The summed E-state index contributed by atoms with van der Waals surface area (Å²) in [6, 6.07) is 55.9. The molecule has 0 saturated carbocycles. The zero-order chi connectivity index (χ0) is 32.5. The average Bonchev–Trinajstić information content (AvgIpc) is 3.30. The number of carbonyl (C=O) groups is 2. The topological polar surface area (TPSA) is 49.9 Å². The molecule has 0 aliphatic carbocycles. The molecule has 0 spiro atoms. The van der Waals surface area contributed by atoms with E-state index < -0.39 is 11.8 Å². The molecule has 2 aliphatic heterocycles. The number of ether oxygens (including phenoxy) is 1. The second-order valence-electron chi connectivity index (χ2n) is 12.0. The van der Waals surface area contributed by atoms with Crippen molar-refractivity contribution in [3.8, 4) is 0 Å². The normalized spacial score (nSPS) is 18.8. The summed E-state index contributed by atoms with van der Waals surface area (Å²) in [6.07, 6.45) is 0.262. The molecule has 0 saturated heterocycles. The van der Waals surface area contributed by atoms with E-state index in [1.807, 2.05) is 181 Å². The number of para-hydroxylation sites is 2. The highest BCUT2D eigenvalue weighted by Crippen LogP contribution is 2.56. The lowest BCUT2D eigenvalue weighted by atomic mass is 9.86. The van der Waals surface area contributed by atoms with Crippen molar-refractivity contribution in [2.75, 3.05) is 9.80 Å². The van der Waals surface area contributed by atoms with E-state index in [9.17, 15) is 4.79 Å². The average molecular weight is 625 g/mol. The van der Waals surface area contributed by atoms with Gasteiger partial charge in [0, 0.05) is 23.1 Å². The highest BCUT2D eigenvalue weighted by Gasteiger charge is 2.56. The Morgan fingerprint density at radius 3 is 1.71 bits per heavy atom. The van der Waals surface area contributed by atoms with E-state index in [4.69, 9.17) is 4.74 Å². The van der Waals surface area contributed by atoms with Crippen LogP contribution < -0.4 is 9.80 Å². The number of rotatable bonds is 5. The molecule has 0 bridgehead atoms. The van der Waals surface area contributed by atoms with Crippen molar-refractivity contribution in [1.82, 2.24) is 0 Å². The van der Waals surface area contributed by atoms with E-state index >= 15 is 4.79 Å². The maximum Gasteiger partial charge on any atom is 0.266 e. The molecule has 2 atom stereocenters. The maximum absolute atomic E-state index is 15.5. The van der Waals surface area contributed by atoms with Crippen molar-refractivity contribution < 1.29 is 14.3 Å². The quantitative estimate of drug-likeness (QED) is 0.192. The second kappa shape index (κ2) is 12.2. The molecular weight excluding hydrogens is 592 g/mol. The number of hydrogen-bond donors (Lipinski definition) is 0. The third-order valence-electron chi connectivity index (χ3n) is 9.19. The smallest absolute Gasteiger partial charge is 0.266 e. The molecule has 0 radical (unpaired) electrons. The monoisotopic (exact) mass is 624 g/mol. The zero-order valence-corrected chi connectivity index (χ0v) is 26.1. The second-order valence-corrected chi connectivity index (χ2v) is 12.0. The van der Waals surface area contributed by atoms with Gasteiger partial charge in [0.05, 0.1) is 23.0 Å². The number of fused-ring (bicyclic) bond motifs is 3. The first-order valence-corrected chi connectivity index (χ1v) is 16.1. The first-order valence-electron chi connectivity index (χ1n) is 16.1. The molecule has 232 valence electrons. The molecule has 8 rings (SSSR count). The van der Waals surface area contributed by atoms with Crippen LogP contribution in [0.4, 0.5) is 11.4 Å². The largest absolute Gasteiger partial charge is 0.462 e. The lowest BCUT2D eigenvalue weighted by molar-refractivity contribution is -0.120. The summed E-state index contributed by atoms with van der Waals surface area (Å²) >= 11 is 0. The number of benzene rings is 6. The van der Waals surface area contributed by atoms with E-state index in [1.165, 1.54) is 0 Å². The molecule has 2 heterocycles. The van der Waals surface area contributed by atoms with Gasteiger partial charge in [0.25, 0.3) is 11.8 Å². The SMILES string of the molecule is O=C(c1ccccc1)N1c2ccccc2N2C(=O)C(c3ccccc3)=C(c3ccccc3)O[C@]2(c2ccccc2)C[C@@H]1c1ccccc1. The molecular formula is C43H32N2O3. The Morgan fingerprint density at radius 1 is 0.583 bits per heavy atom. The van der Waals surface area contributed by atoms with Gasteiger partial charge in [-0.15, -0.1) is 0 Å². The van der Waals surface area contributed by atoms with Gasteiger partial charge in [-0.05, 0) is 35.4 Å². The summed E-state index contributed by atoms with van der Waals surface area (Å²) < 4.78 is 7.46. The van der Waals surface area contributed by atoms with Crippen molar-refractivity contribution in [3.63, 3.8) is 0 Å². The maximum atomic E-state index is 15.5. The van der Waals surface area contributed by atoms with Gasteiger partial charge in [0.2, 0.25) is 5.72 Å². The van der Waals surface area contributed by atoms with Gasteiger partial charge in [-0.3, -0.25) is 19.4 Å². The predicted molar refractivity (Wildman–Crippen MR) is 190 cm³/mol. The summed E-state index contributed by atoms with van der Waals surface area (Å²) in [5, 5.41) is 0. The van der Waals surface area contributed by atoms with Crippen LogP contribution in [-0.4, -0.2) is 11.8 Å². The number of nitrogens with zero attached hydrogens (tertiary/aromatic N) is 2. The van der Waals surface area contributed by atoms with Crippen LogP contribution in [0.3, 0.4) is 0 Å². The van der Waals surface area contributed by atoms with Crippen molar-refractivity contribution in [2.45, 2.75) is 18.2 Å². The van der Waals surface area contributed by atoms with E-state index in [0.29, 0.717) is 28.3 Å². The standard InChI is InChI=1S/C43H32N2O3/c46-41(34-24-12-4-13-25-34)44-36-28-16-17-29-37(36)45-42(47)39(32-20-8-2-9-21-32)40(33-22-10-3-11-23-33)48-43(45,35-26-14-5-15-27-35)30-38(44)31-18-6-1-7-19-31/h1-29,38H,30H2/t38-,43+/m1/s1. The lowest BCUT2D eigenvalue weighted by Crippen LogP contribution is -2.55. The number of hydrogen-bond acceptors (Lipinski definition) is 3. The van der Waals surface area contributed by atoms with E-state index in [2.05, 4.69) is 0 Å². The van der Waals surface area contributed by atoms with Crippen LogP contribution in [0.1, 0.15) is 45.1 Å². The Labute approximate surface area is 280 Å². The third kappa shape index (κ3) is 4.88. The van der Waals surface area contributed by atoms with Gasteiger partial charge in [0.1, 0.15) is 5.76 Å². The van der Waals surface area contributed by atoms with Crippen molar-refractivity contribution in [3.05, 3.63) is 204 Å². The summed E-state index contributed by atoms with van der Waals surface area (Å²) in [7, 11) is 0. The molecule has 0 fully saturated rings. The minimum Gasteiger partial charge on any atom is -0.462 e. The third-order valence-corrected chi connectivity index (χ3v) is 9.19. The predicted octanol–water partition coefficient (Wildman–Crippen LogP) is 9.26. The van der Waals surface area contributed by atoms with Gasteiger partial charge in [0.15, 0.2) is 0 Å². The molecule has 6 aromatic rings. The summed E-state index contributed by atoms with van der Waals surface area (Å²) in [5.41, 5.74) is 4.20. The molecule has 0 unspecified atom stereocenters. The summed E-state index contributed by atoms with van der Waals surface area (Å²) in [5.74, 6) is 0.134. The molecule has 48 heavy (non-hydrogen) atoms. The number of anilines is 2. The first-order chi connectivity index (χ1) is 23.7. The molecule has 0 aromatic heterocycles. The van der Waals surface area contributed by atoms with Gasteiger partial charge in [-0.2, -0.15) is 0 Å². The van der Waals surface area contributed by atoms with Gasteiger partial charge < -0.3 is 4.74 Å². The fraction of sp³-hybridized carbons (Fsp3) is 0.0698. The van der Waals surface area contributed by atoms with E-state index in [0.717, 1.165) is 22.3 Å². The van der Waals surface area contributed by atoms with Gasteiger partial charge in [-0.1, -0.05) is 152 Å². The molecule has 5 heteroatoms. The molecule has 5 nitrogen and oxygen atoms in total. The Bertz CT molecular complexity index is 2120. The van der Waals surface area contributed by atoms with Gasteiger partial charge >= 0.3 is 0 Å². The minimum absolute atomic E-state index is 0.160. The first kappa shape index (κ1) is 29.2. The van der Waals surface area contributed by atoms with Crippen LogP contribution in [0.5, 0.6) is 0 Å². The lowest BCUT2D eigenvalue weighted by Gasteiger charge is -2.48. The molecule has 2 amide bonds. The summed E-state index contributed by atoms with van der Waals surface area (Å²) in [4.78, 5) is 33.9. The number of carbonyl (C=O) groups excluding carboxylic acids is 2. The van der Waals surface area contributed by atoms with Crippen LogP contribution in [-0.2, 0) is 15.3 Å². The Hall–Kier alpha value is -6.20. The zero-order valence-electron chi connectivity index (χ0n) is 26.1. The van der Waals surface area contributed by atoms with Crippen LogP contribution in [0.25, 0.3) is 11.3 Å². The molecule has 6 aromatic carbocycles. The van der Waals surface area contributed by atoms with Crippen molar-refractivity contribution >= 4 is 34.5 Å². The highest BCUT2D eigenvalue weighted by molar-refractivity contribution is 6.33. The van der Waals surface area contributed by atoms with Crippen molar-refractivity contribution in [1.29, 1.82) is 0 Å². The van der Waals surface area contributed by atoms with Gasteiger partial charge in [-0.25, -0.2) is 0 Å². The van der Waals surface area contributed by atoms with Crippen LogP contribution in [0.2, 0.25) is 0 Å². The Morgan fingerprint density at radius 2 is 1.08 bits per heavy atom. The Kier molecular flexibility index (Phi) is 7.42.